The Bertz CT molecular complexity index is 252. The predicted molar refractivity (Wildman–Crippen MR) is 50.7 cm³/mol. The largest absolute Gasteiger partial charge is 0.331 e. The summed E-state index contributed by atoms with van der Waals surface area (Å²) in [7, 11) is 0. The lowest BCUT2D eigenvalue weighted by molar-refractivity contribution is 0.751. The van der Waals surface area contributed by atoms with Crippen LogP contribution in [0.1, 0.15) is 12.6 Å². The summed E-state index contributed by atoms with van der Waals surface area (Å²) in [5, 5.41) is 0.804. The fourth-order valence-electron chi connectivity index (χ4n) is 0.936. The molecule has 1 heterocycles. The van der Waals surface area contributed by atoms with Crippen molar-refractivity contribution in [1.29, 1.82) is 0 Å². The van der Waals surface area contributed by atoms with Crippen molar-refractivity contribution < 1.29 is 0 Å². The van der Waals surface area contributed by atoms with Crippen molar-refractivity contribution in [2.45, 2.75) is 13.5 Å². The summed E-state index contributed by atoms with van der Waals surface area (Å²) in [6, 6.07) is 0. The van der Waals surface area contributed by atoms with Gasteiger partial charge in [0.25, 0.3) is 0 Å². The smallest absolute Gasteiger partial charge is 0.0950 e. The minimum atomic E-state index is 0.804. The number of aromatic nitrogens is 2. The zero-order valence-electron chi connectivity index (χ0n) is 6.55. The molecule has 0 N–H and O–H groups in total. The van der Waals surface area contributed by atoms with E-state index >= 15 is 0 Å². The average Bonchev–Trinajstić information content (AvgIpc) is 2.50. The monoisotopic (exact) mass is 214 g/mol. The number of alkyl halides is 1. The normalized spacial score (nSPS) is 10.0. The highest BCUT2D eigenvalue weighted by atomic mass is 79.9. The molecule has 1 aromatic rings. The van der Waals surface area contributed by atoms with Gasteiger partial charge >= 0.3 is 0 Å². The molecule has 1 rings (SSSR count). The summed E-state index contributed by atoms with van der Waals surface area (Å²) in [5.41, 5.74) is 2.19. The van der Waals surface area contributed by atoms with Crippen LogP contribution in [0, 0.1) is 0 Å². The number of imidazole rings is 1. The van der Waals surface area contributed by atoms with E-state index in [1.807, 2.05) is 12.5 Å². The second-order valence-corrected chi connectivity index (χ2v) is 2.86. The number of rotatable bonds is 3. The van der Waals surface area contributed by atoms with Crippen LogP contribution < -0.4 is 0 Å². The van der Waals surface area contributed by atoms with Gasteiger partial charge in [0, 0.05) is 11.9 Å². The van der Waals surface area contributed by atoms with E-state index in [-0.39, 0.29) is 0 Å². The van der Waals surface area contributed by atoms with Crippen LogP contribution >= 0.6 is 15.9 Å². The van der Waals surface area contributed by atoms with Crippen molar-refractivity contribution >= 4 is 21.5 Å². The van der Waals surface area contributed by atoms with E-state index < -0.39 is 0 Å². The molecule has 2 nitrogen and oxygen atoms in total. The number of aryl methyl sites for hydroxylation is 1. The Kier molecular flexibility index (Phi) is 2.88. The lowest BCUT2D eigenvalue weighted by Gasteiger charge is -2.04. The Morgan fingerprint density at radius 2 is 2.55 bits per heavy atom. The van der Waals surface area contributed by atoms with Crippen LogP contribution in [-0.2, 0) is 6.54 Å². The number of nitrogens with zero attached hydrogens (tertiary/aromatic N) is 2. The third kappa shape index (κ3) is 1.71. The first-order valence-corrected chi connectivity index (χ1v) is 4.66. The van der Waals surface area contributed by atoms with E-state index in [2.05, 4.69) is 39.0 Å². The van der Waals surface area contributed by atoms with Gasteiger partial charge in [-0.25, -0.2) is 4.98 Å². The maximum absolute atomic E-state index is 4.04. The van der Waals surface area contributed by atoms with Gasteiger partial charge in [-0.3, -0.25) is 0 Å². The number of hydrogen-bond donors (Lipinski definition) is 0. The molecule has 0 spiro atoms. The van der Waals surface area contributed by atoms with Gasteiger partial charge in [0.2, 0.25) is 0 Å². The molecule has 0 atom stereocenters. The minimum absolute atomic E-state index is 0.804. The van der Waals surface area contributed by atoms with Crippen molar-refractivity contribution in [3.05, 3.63) is 24.8 Å². The molecule has 60 valence electrons. The van der Waals surface area contributed by atoms with E-state index in [0.717, 1.165) is 23.1 Å². The highest BCUT2D eigenvalue weighted by Gasteiger charge is 2.01. The second kappa shape index (κ2) is 3.72. The third-order valence-corrected chi connectivity index (χ3v) is 2.25. The van der Waals surface area contributed by atoms with E-state index in [1.54, 1.807) is 0 Å². The molecule has 0 amide bonds. The van der Waals surface area contributed by atoms with Gasteiger partial charge in [0.1, 0.15) is 0 Å². The van der Waals surface area contributed by atoms with Crippen LogP contribution in [0.3, 0.4) is 0 Å². The van der Waals surface area contributed by atoms with Crippen LogP contribution in [0.15, 0.2) is 19.1 Å². The molecule has 0 aliphatic rings. The summed E-state index contributed by atoms with van der Waals surface area (Å²) in [5.74, 6) is 0. The van der Waals surface area contributed by atoms with Crippen molar-refractivity contribution in [3.8, 4) is 0 Å². The van der Waals surface area contributed by atoms with Crippen LogP contribution in [-0.4, -0.2) is 14.9 Å². The first kappa shape index (κ1) is 8.53. The first-order chi connectivity index (χ1) is 5.29. The van der Waals surface area contributed by atoms with E-state index in [0.29, 0.717) is 0 Å². The zero-order valence-corrected chi connectivity index (χ0v) is 8.13. The average molecular weight is 215 g/mol. The van der Waals surface area contributed by atoms with Crippen molar-refractivity contribution in [3.63, 3.8) is 0 Å². The van der Waals surface area contributed by atoms with Crippen molar-refractivity contribution in [2.24, 2.45) is 0 Å². The van der Waals surface area contributed by atoms with Crippen molar-refractivity contribution in [2.75, 3.05) is 5.33 Å². The summed E-state index contributed by atoms with van der Waals surface area (Å²) >= 11 is 3.36. The summed E-state index contributed by atoms with van der Waals surface area (Å²) < 4.78 is 2.07. The highest BCUT2D eigenvalue weighted by molar-refractivity contribution is 9.09. The van der Waals surface area contributed by atoms with Gasteiger partial charge in [-0.1, -0.05) is 22.5 Å². The number of allylic oxidation sites excluding steroid dienone is 1. The fourth-order valence-corrected chi connectivity index (χ4v) is 1.22. The Morgan fingerprint density at radius 3 is 3.09 bits per heavy atom. The van der Waals surface area contributed by atoms with Crippen molar-refractivity contribution in [1.82, 2.24) is 9.55 Å². The molecule has 1 aromatic heterocycles. The maximum atomic E-state index is 4.04. The van der Waals surface area contributed by atoms with E-state index in [4.69, 9.17) is 0 Å². The minimum Gasteiger partial charge on any atom is -0.331 e. The zero-order chi connectivity index (χ0) is 8.27. The molecular weight excluding hydrogens is 204 g/mol. The molecule has 3 heteroatoms. The Morgan fingerprint density at radius 1 is 1.82 bits per heavy atom. The van der Waals surface area contributed by atoms with E-state index in [1.165, 1.54) is 0 Å². The van der Waals surface area contributed by atoms with Crippen LogP contribution in [0.2, 0.25) is 0 Å². The van der Waals surface area contributed by atoms with Gasteiger partial charge in [-0.15, -0.1) is 0 Å². The summed E-state index contributed by atoms with van der Waals surface area (Å²) in [6.45, 7) is 6.95. The number of halogens is 1. The Hall–Kier alpha value is -0.570. The molecule has 0 saturated carbocycles. The quantitative estimate of drug-likeness (QED) is 0.707. The topological polar surface area (TPSA) is 17.8 Å². The molecule has 0 aliphatic carbocycles. The molecule has 0 radical (unpaired) electrons. The molecule has 0 unspecified atom stereocenters. The van der Waals surface area contributed by atoms with Crippen LogP contribution in [0.5, 0.6) is 0 Å². The van der Waals surface area contributed by atoms with Gasteiger partial charge in [0.15, 0.2) is 0 Å². The summed E-state index contributed by atoms with van der Waals surface area (Å²) in [6.07, 6.45) is 3.66. The highest BCUT2D eigenvalue weighted by Crippen LogP contribution is 2.13. The molecule has 0 bridgehead atoms. The molecule has 11 heavy (non-hydrogen) atoms. The molecule has 0 aliphatic heterocycles. The number of hydrogen-bond acceptors (Lipinski definition) is 1. The molecule has 0 aromatic carbocycles. The van der Waals surface area contributed by atoms with E-state index in [9.17, 15) is 0 Å². The third-order valence-electron chi connectivity index (χ3n) is 1.58. The van der Waals surface area contributed by atoms with Gasteiger partial charge in [-0.05, 0) is 12.5 Å². The van der Waals surface area contributed by atoms with Gasteiger partial charge in [-0.2, -0.15) is 0 Å². The van der Waals surface area contributed by atoms with Crippen LogP contribution in [0.4, 0.5) is 0 Å². The van der Waals surface area contributed by atoms with Gasteiger partial charge < -0.3 is 4.57 Å². The predicted octanol–water partition coefficient (Wildman–Crippen LogP) is 2.31. The summed E-state index contributed by atoms with van der Waals surface area (Å²) in [4.78, 5) is 4.04. The maximum Gasteiger partial charge on any atom is 0.0950 e. The van der Waals surface area contributed by atoms with Crippen LogP contribution in [0.25, 0.3) is 5.57 Å². The molecule has 0 fully saturated rings. The lowest BCUT2D eigenvalue weighted by atomic mass is 10.2. The second-order valence-electron chi connectivity index (χ2n) is 2.30. The lowest BCUT2D eigenvalue weighted by Crippen LogP contribution is -1.97. The molecular formula is C8H11BrN2. The SMILES string of the molecule is C=C(CBr)c1cncn1CC. The Labute approximate surface area is 75.1 Å². The molecule has 0 saturated heterocycles. The Balaban J connectivity index is 2.92. The standard InChI is InChI=1S/C8H11BrN2/c1-3-11-6-10-5-8(11)7(2)4-9/h5-6H,2-4H2,1H3. The first-order valence-electron chi connectivity index (χ1n) is 3.53. The van der Waals surface area contributed by atoms with Gasteiger partial charge in [0.05, 0.1) is 18.2 Å². The fraction of sp³-hybridized carbons (Fsp3) is 0.375.